The summed E-state index contributed by atoms with van der Waals surface area (Å²) in [5.41, 5.74) is 5.92. The maximum absolute atomic E-state index is 12.5. The zero-order valence-corrected chi connectivity index (χ0v) is 16.7. The third-order valence-corrected chi connectivity index (χ3v) is 4.98. The van der Waals surface area contributed by atoms with Gasteiger partial charge in [0.1, 0.15) is 31.5 Å². The van der Waals surface area contributed by atoms with Gasteiger partial charge in [-0.15, -0.1) is 11.3 Å². The highest BCUT2D eigenvalue weighted by Crippen LogP contribution is 2.24. The number of carbonyl (C=O) groups excluding carboxylic acids is 2. The van der Waals surface area contributed by atoms with Crippen LogP contribution in [0.2, 0.25) is 0 Å². The molecule has 0 aliphatic carbocycles. The van der Waals surface area contributed by atoms with Crippen LogP contribution in [0.4, 0.5) is 5.13 Å². The van der Waals surface area contributed by atoms with Gasteiger partial charge in [-0.3, -0.25) is 14.1 Å². The number of oxime groups is 2. The standard InChI is InChI=1S/C13H18N6O7S2/c1-6(2)17-26-4-8-10(12(21)19(8)28(22,23)24)16-11(20)9(18-25-3)7-5-27-13(14)15-7/h5,8,10H,4H2,1-3H3,(H2,14,15)(H,16,20)(H,22,23,24)/t8-,10+/m0/s1. The van der Waals surface area contributed by atoms with E-state index in [0.717, 1.165) is 11.3 Å². The Balaban J connectivity index is 2.21. The molecule has 0 spiro atoms. The molecule has 1 saturated heterocycles. The number of amides is 2. The summed E-state index contributed by atoms with van der Waals surface area (Å²) in [5.74, 6) is -1.91. The van der Waals surface area contributed by atoms with Crippen LogP contribution in [0.15, 0.2) is 15.7 Å². The van der Waals surface area contributed by atoms with Crippen LogP contribution in [0.5, 0.6) is 0 Å². The first-order chi connectivity index (χ1) is 13.1. The van der Waals surface area contributed by atoms with E-state index in [1.54, 1.807) is 13.8 Å². The maximum Gasteiger partial charge on any atom is 0.362 e. The van der Waals surface area contributed by atoms with Gasteiger partial charge in [-0.05, 0) is 13.8 Å². The number of thiazole rings is 1. The number of hydrogen-bond donors (Lipinski definition) is 3. The van der Waals surface area contributed by atoms with E-state index in [2.05, 4.69) is 25.4 Å². The molecule has 1 aliphatic rings. The summed E-state index contributed by atoms with van der Waals surface area (Å²) >= 11 is 1.06. The van der Waals surface area contributed by atoms with Crippen molar-refractivity contribution < 1.29 is 32.2 Å². The Morgan fingerprint density at radius 2 is 2.14 bits per heavy atom. The minimum Gasteiger partial charge on any atom is -0.398 e. The number of aromatic nitrogens is 1. The van der Waals surface area contributed by atoms with Crippen molar-refractivity contribution in [1.82, 2.24) is 14.6 Å². The number of nitrogens with one attached hydrogen (secondary N) is 1. The van der Waals surface area contributed by atoms with Crippen LogP contribution in [0.1, 0.15) is 19.5 Å². The minimum atomic E-state index is -4.84. The molecule has 2 atom stereocenters. The van der Waals surface area contributed by atoms with Crippen molar-refractivity contribution in [3.8, 4) is 0 Å². The topological polar surface area (TPSA) is 186 Å². The van der Waals surface area contributed by atoms with Crippen LogP contribution in [0.25, 0.3) is 0 Å². The van der Waals surface area contributed by atoms with E-state index in [1.807, 2.05) is 0 Å². The van der Waals surface area contributed by atoms with Crippen molar-refractivity contribution in [2.24, 2.45) is 10.3 Å². The largest absolute Gasteiger partial charge is 0.398 e. The lowest BCUT2D eigenvalue weighted by Crippen LogP contribution is -2.73. The third kappa shape index (κ3) is 4.73. The van der Waals surface area contributed by atoms with Gasteiger partial charge in [0.2, 0.25) is 0 Å². The van der Waals surface area contributed by atoms with Crippen LogP contribution < -0.4 is 11.1 Å². The molecule has 1 aromatic rings. The number of nitrogens with two attached hydrogens (primary N) is 1. The Labute approximate surface area is 164 Å². The first kappa shape index (κ1) is 21.5. The second-order valence-corrected chi connectivity index (χ2v) is 7.84. The van der Waals surface area contributed by atoms with Crippen LogP contribution in [0, 0.1) is 0 Å². The van der Waals surface area contributed by atoms with Gasteiger partial charge >= 0.3 is 10.3 Å². The van der Waals surface area contributed by atoms with Gasteiger partial charge in [-0.1, -0.05) is 10.3 Å². The molecule has 1 aliphatic heterocycles. The molecule has 15 heteroatoms. The molecule has 28 heavy (non-hydrogen) atoms. The number of nitrogen functional groups attached to an aromatic ring is 1. The molecule has 4 N–H and O–H groups in total. The van der Waals surface area contributed by atoms with E-state index in [4.69, 9.17) is 10.6 Å². The van der Waals surface area contributed by atoms with E-state index < -0.39 is 34.2 Å². The number of anilines is 1. The lowest BCUT2D eigenvalue weighted by atomic mass is 9.99. The van der Waals surface area contributed by atoms with Crippen LogP contribution >= 0.6 is 11.3 Å². The summed E-state index contributed by atoms with van der Waals surface area (Å²) in [4.78, 5) is 38.2. The fraction of sp³-hybridized carbons (Fsp3) is 0.462. The summed E-state index contributed by atoms with van der Waals surface area (Å²) in [6.07, 6.45) is 0. The number of carbonyl (C=O) groups is 2. The average Bonchev–Trinajstić information content (AvgIpc) is 3.01. The summed E-state index contributed by atoms with van der Waals surface area (Å²) in [7, 11) is -3.63. The van der Waals surface area contributed by atoms with Crippen LogP contribution in [-0.2, 0) is 29.6 Å². The Bertz CT molecular complexity index is 922. The quantitative estimate of drug-likeness (QED) is 0.199. The second kappa shape index (κ2) is 8.49. The van der Waals surface area contributed by atoms with Crippen LogP contribution in [-0.4, -0.2) is 71.3 Å². The van der Waals surface area contributed by atoms with Gasteiger partial charge < -0.3 is 20.7 Å². The molecular formula is C13H18N6O7S2. The van der Waals surface area contributed by atoms with Gasteiger partial charge in [0.25, 0.3) is 11.8 Å². The summed E-state index contributed by atoms with van der Waals surface area (Å²) in [6, 6.07) is -2.52. The molecule has 0 unspecified atom stereocenters. The number of nitrogens with zero attached hydrogens (tertiary/aromatic N) is 4. The highest BCUT2D eigenvalue weighted by atomic mass is 32.2. The monoisotopic (exact) mass is 434 g/mol. The van der Waals surface area contributed by atoms with E-state index in [9.17, 15) is 22.6 Å². The number of β-lactam (4-membered cyclic amide) rings is 1. The molecule has 0 bridgehead atoms. The summed E-state index contributed by atoms with van der Waals surface area (Å²) in [5, 5.41) is 11.2. The highest BCUT2D eigenvalue weighted by molar-refractivity contribution is 7.84. The molecule has 13 nitrogen and oxygen atoms in total. The van der Waals surface area contributed by atoms with Gasteiger partial charge in [-0.25, -0.2) is 9.29 Å². The Morgan fingerprint density at radius 1 is 1.46 bits per heavy atom. The molecule has 2 heterocycles. The minimum absolute atomic E-state index is 0.110. The molecule has 154 valence electrons. The fourth-order valence-corrected chi connectivity index (χ4v) is 3.68. The lowest BCUT2D eigenvalue weighted by molar-refractivity contribution is -0.147. The zero-order chi connectivity index (χ0) is 21.1. The van der Waals surface area contributed by atoms with Crippen molar-refractivity contribution in [1.29, 1.82) is 0 Å². The first-order valence-electron chi connectivity index (χ1n) is 7.63. The van der Waals surface area contributed by atoms with E-state index in [0.29, 0.717) is 5.71 Å². The molecule has 0 aromatic carbocycles. The third-order valence-electron chi connectivity index (χ3n) is 3.36. The molecule has 1 aromatic heterocycles. The molecule has 2 rings (SSSR count). The summed E-state index contributed by atoms with van der Waals surface area (Å²) < 4.78 is 32.2. The Hall–Kier alpha value is -2.78. The number of hydrogen-bond acceptors (Lipinski definition) is 11. The fourth-order valence-electron chi connectivity index (χ4n) is 2.27. The second-order valence-electron chi connectivity index (χ2n) is 5.66. The zero-order valence-electron chi connectivity index (χ0n) is 15.0. The predicted octanol–water partition coefficient (Wildman–Crippen LogP) is -1.01. The first-order valence-corrected chi connectivity index (χ1v) is 9.91. The molecule has 2 amide bonds. The molecule has 0 radical (unpaired) electrons. The van der Waals surface area contributed by atoms with Gasteiger partial charge in [0, 0.05) is 5.38 Å². The van der Waals surface area contributed by atoms with Gasteiger partial charge in [-0.2, -0.15) is 8.42 Å². The molecule has 0 saturated carbocycles. The molecule has 1 fully saturated rings. The Kier molecular flexibility index (Phi) is 6.52. The van der Waals surface area contributed by atoms with Crippen molar-refractivity contribution >= 4 is 50.0 Å². The van der Waals surface area contributed by atoms with Crippen molar-refractivity contribution in [3.63, 3.8) is 0 Å². The Morgan fingerprint density at radius 3 is 2.64 bits per heavy atom. The van der Waals surface area contributed by atoms with Crippen molar-refractivity contribution in [2.75, 3.05) is 19.5 Å². The summed E-state index contributed by atoms with van der Waals surface area (Å²) in [6.45, 7) is 2.89. The van der Waals surface area contributed by atoms with E-state index >= 15 is 0 Å². The van der Waals surface area contributed by atoms with Crippen molar-refractivity contribution in [3.05, 3.63) is 11.1 Å². The average molecular weight is 434 g/mol. The van der Waals surface area contributed by atoms with E-state index in [1.165, 1.54) is 12.5 Å². The van der Waals surface area contributed by atoms with Gasteiger partial charge in [0.15, 0.2) is 10.8 Å². The molecular weight excluding hydrogens is 416 g/mol. The highest BCUT2D eigenvalue weighted by Gasteiger charge is 2.54. The predicted molar refractivity (Wildman–Crippen MR) is 98.9 cm³/mol. The smallest absolute Gasteiger partial charge is 0.362 e. The lowest BCUT2D eigenvalue weighted by Gasteiger charge is -2.43. The van der Waals surface area contributed by atoms with Gasteiger partial charge in [0.05, 0.1) is 5.71 Å². The van der Waals surface area contributed by atoms with Crippen molar-refractivity contribution in [2.45, 2.75) is 25.9 Å². The van der Waals surface area contributed by atoms with E-state index in [-0.39, 0.29) is 27.4 Å². The SMILES string of the molecule is CON=C(C(=O)N[C@H]1C(=O)N(S(=O)(=O)O)[C@H]1CON=C(C)C)c1csc(N)n1. The maximum atomic E-state index is 12.5. The number of rotatable bonds is 8. The van der Waals surface area contributed by atoms with Crippen LogP contribution in [0.3, 0.4) is 0 Å². The normalized spacial score (nSPS) is 19.6.